The number of carbonyl (C=O) groups excluding carboxylic acids is 1. The van der Waals surface area contributed by atoms with Crippen LogP contribution in [0.4, 0.5) is 5.95 Å². The van der Waals surface area contributed by atoms with Crippen molar-refractivity contribution in [2.45, 2.75) is 46.6 Å². The number of nitrogens with zero attached hydrogens (tertiary/aromatic N) is 3. The zero-order chi connectivity index (χ0) is 11.8. The Morgan fingerprint density at radius 3 is 2.75 bits per heavy atom. The molecule has 5 nitrogen and oxygen atoms in total. The third-order valence-electron chi connectivity index (χ3n) is 2.77. The maximum absolute atomic E-state index is 11.8. The number of fused-ring (bicyclic) bond motifs is 1. The zero-order valence-electron chi connectivity index (χ0n) is 10.1. The maximum Gasteiger partial charge on any atom is 0.232 e. The van der Waals surface area contributed by atoms with Crippen LogP contribution in [0.3, 0.4) is 0 Å². The van der Waals surface area contributed by atoms with Crippen molar-refractivity contribution in [2.75, 3.05) is 5.32 Å². The van der Waals surface area contributed by atoms with E-state index >= 15 is 0 Å². The molecule has 0 radical (unpaired) electrons. The summed E-state index contributed by atoms with van der Waals surface area (Å²) in [5.74, 6) is 1.55. The van der Waals surface area contributed by atoms with Crippen molar-refractivity contribution < 1.29 is 4.79 Å². The lowest BCUT2D eigenvalue weighted by atomic mass is 9.96. The molecule has 0 saturated carbocycles. The van der Waals surface area contributed by atoms with Crippen LogP contribution in [0.2, 0.25) is 0 Å². The molecule has 0 atom stereocenters. The standard InChI is InChI=1S/C11H18N4O/c1-11(2,3)9(16)12-10-14-13-8-6-4-5-7-15(8)10/h4-7H2,1-3H3,(H,12,14,16). The van der Waals surface area contributed by atoms with Gasteiger partial charge in [0, 0.05) is 18.4 Å². The summed E-state index contributed by atoms with van der Waals surface area (Å²) in [5, 5.41) is 11.0. The van der Waals surface area contributed by atoms with E-state index in [1.165, 1.54) is 0 Å². The number of aromatic nitrogens is 3. The molecule has 0 fully saturated rings. The van der Waals surface area contributed by atoms with E-state index in [4.69, 9.17) is 0 Å². The van der Waals surface area contributed by atoms with Crippen LogP contribution < -0.4 is 5.32 Å². The average molecular weight is 222 g/mol. The van der Waals surface area contributed by atoms with Crippen molar-refractivity contribution in [3.63, 3.8) is 0 Å². The molecular weight excluding hydrogens is 204 g/mol. The first kappa shape index (κ1) is 11.1. The minimum absolute atomic E-state index is 0.0201. The van der Waals surface area contributed by atoms with Crippen molar-refractivity contribution in [2.24, 2.45) is 5.41 Å². The van der Waals surface area contributed by atoms with Crippen molar-refractivity contribution in [3.05, 3.63) is 5.82 Å². The van der Waals surface area contributed by atoms with E-state index in [0.29, 0.717) is 5.95 Å². The minimum Gasteiger partial charge on any atom is -0.297 e. The number of nitrogens with one attached hydrogen (secondary N) is 1. The molecule has 1 aromatic heterocycles. The molecule has 0 unspecified atom stereocenters. The highest BCUT2D eigenvalue weighted by atomic mass is 16.2. The van der Waals surface area contributed by atoms with Crippen LogP contribution in [0.15, 0.2) is 0 Å². The molecule has 1 N–H and O–H groups in total. The fourth-order valence-corrected chi connectivity index (χ4v) is 1.69. The van der Waals surface area contributed by atoms with E-state index in [1.54, 1.807) is 0 Å². The SMILES string of the molecule is CC(C)(C)C(=O)Nc1nnc2n1CCCC2. The summed E-state index contributed by atoms with van der Waals surface area (Å²) in [6.45, 7) is 6.56. The molecule has 0 spiro atoms. The smallest absolute Gasteiger partial charge is 0.232 e. The Hall–Kier alpha value is -1.39. The van der Waals surface area contributed by atoms with Crippen LogP contribution in [0, 0.1) is 5.41 Å². The Bertz CT molecular complexity index is 403. The number of hydrogen-bond donors (Lipinski definition) is 1. The number of anilines is 1. The van der Waals surface area contributed by atoms with Gasteiger partial charge < -0.3 is 0 Å². The highest BCUT2D eigenvalue weighted by molar-refractivity contribution is 5.93. The van der Waals surface area contributed by atoms with Crippen LogP contribution in [0.1, 0.15) is 39.4 Å². The van der Waals surface area contributed by atoms with Crippen LogP contribution >= 0.6 is 0 Å². The third kappa shape index (κ3) is 2.08. The summed E-state index contributed by atoms with van der Waals surface area (Å²) in [6, 6.07) is 0. The first-order chi connectivity index (χ1) is 7.48. The highest BCUT2D eigenvalue weighted by Gasteiger charge is 2.24. The second kappa shape index (κ2) is 3.88. The van der Waals surface area contributed by atoms with Gasteiger partial charge in [0.1, 0.15) is 5.82 Å². The molecule has 2 heterocycles. The van der Waals surface area contributed by atoms with Gasteiger partial charge in [-0.05, 0) is 12.8 Å². The number of rotatable bonds is 1. The number of aryl methyl sites for hydroxylation is 1. The molecule has 0 saturated heterocycles. The Balaban J connectivity index is 2.16. The van der Waals surface area contributed by atoms with Crippen molar-refractivity contribution >= 4 is 11.9 Å². The monoisotopic (exact) mass is 222 g/mol. The van der Waals surface area contributed by atoms with Gasteiger partial charge in [0.25, 0.3) is 0 Å². The van der Waals surface area contributed by atoms with E-state index in [-0.39, 0.29) is 5.91 Å². The van der Waals surface area contributed by atoms with Gasteiger partial charge in [-0.2, -0.15) is 0 Å². The maximum atomic E-state index is 11.8. The Kier molecular flexibility index (Phi) is 2.69. The van der Waals surface area contributed by atoms with Gasteiger partial charge in [0.15, 0.2) is 0 Å². The van der Waals surface area contributed by atoms with Gasteiger partial charge in [0.2, 0.25) is 11.9 Å². The van der Waals surface area contributed by atoms with Gasteiger partial charge >= 0.3 is 0 Å². The lowest BCUT2D eigenvalue weighted by Gasteiger charge is -2.19. The summed E-state index contributed by atoms with van der Waals surface area (Å²) >= 11 is 0. The van der Waals surface area contributed by atoms with Gasteiger partial charge in [0.05, 0.1) is 0 Å². The van der Waals surface area contributed by atoms with Crippen LogP contribution in [0.25, 0.3) is 0 Å². The van der Waals surface area contributed by atoms with Gasteiger partial charge in [-0.3, -0.25) is 14.7 Å². The first-order valence-corrected chi connectivity index (χ1v) is 5.72. The molecule has 0 bridgehead atoms. The summed E-state index contributed by atoms with van der Waals surface area (Å²) < 4.78 is 2.01. The summed E-state index contributed by atoms with van der Waals surface area (Å²) in [4.78, 5) is 11.8. The van der Waals surface area contributed by atoms with Gasteiger partial charge in [-0.1, -0.05) is 20.8 Å². The average Bonchev–Trinajstić information content (AvgIpc) is 2.61. The van der Waals surface area contributed by atoms with Gasteiger partial charge in [-0.15, -0.1) is 10.2 Å². The van der Waals surface area contributed by atoms with E-state index in [0.717, 1.165) is 31.6 Å². The van der Waals surface area contributed by atoms with E-state index < -0.39 is 5.41 Å². The van der Waals surface area contributed by atoms with E-state index in [9.17, 15) is 4.79 Å². The molecule has 1 amide bonds. The molecule has 0 aromatic carbocycles. The Labute approximate surface area is 95.2 Å². The van der Waals surface area contributed by atoms with Crippen molar-refractivity contribution in [1.82, 2.24) is 14.8 Å². The molecule has 5 heteroatoms. The summed E-state index contributed by atoms with van der Waals surface area (Å²) in [6.07, 6.45) is 3.24. The molecule has 88 valence electrons. The quantitative estimate of drug-likeness (QED) is 0.785. The molecule has 16 heavy (non-hydrogen) atoms. The molecule has 1 aromatic rings. The fraction of sp³-hybridized carbons (Fsp3) is 0.727. The number of amides is 1. The van der Waals surface area contributed by atoms with Crippen molar-refractivity contribution in [3.8, 4) is 0 Å². The normalized spacial score (nSPS) is 15.7. The van der Waals surface area contributed by atoms with E-state index in [2.05, 4.69) is 15.5 Å². The summed E-state index contributed by atoms with van der Waals surface area (Å²) in [5.41, 5.74) is -0.402. The summed E-state index contributed by atoms with van der Waals surface area (Å²) in [7, 11) is 0. The first-order valence-electron chi connectivity index (χ1n) is 5.72. The molecule has 0 aliphatic carbocycles. The fourth-order valence-electron chi connectivity index (χ4n) is 1.69. The minimum atomic E-state index is -0.402. The molecule has 2 rings (SSSR count). The predicted octanol–water partition coefficient (Wildman–Crippen LogP) is 1.60. The van der Waals surface area contributed by atoms with Crippen molar-refractivity contribution in [1.29, 1.82) is 0 Å². The largest absolute Gasteiger partial charge is 0.297 e. The molecule has 1 aliphatic rings. The van der Waals surface area contributed by atoms with E-state index in [1.807, 2.05) is 25.3 Å². The lowest BCUT2D eigenvalue weighted by molar-refractivity contribution is -0.123. The zero-order valence-corrected chi connectivity index (χ0v) is 10.1. The second-order valence-electron chi connectivity index (χ2n) is 5.25. The Morgan fingerprint density at radius 2 is 2.06 bits per heavy atom. The number of hydrogen-bond acceptors (Lipinski definition) is 3. The van der Waals surface area contributed by atoms with Crippen LogP contribution in [0.5, 0.6) is 0 Å². The predicted molar refractivity (Wildman–Crippen MR) is 61.0 cm³/mol. The van der Waals surface area contributed by atoms with Crippen LogP contribution in [-0.4, -0.2) is 20.7 Å². The second-order valence-corrected chi connectivity index (χ2v) is 5.25. The van der Waals surface area contributed by atoms with Gasteiger partial charge in [-0.25, -0.2) is 0 Å². The molecular formula is C11H18N4O. The third-order valence-corrected chi connectivity index (χ3v) is 2.77. The molecule has 1 aliphatic heterocycles. The van der Waals surface area contributed by atoms with Crippen LogP contribution in [-0.2, 0) is 17.8 Å². The lowest BCUT2D eigenvalue weighted by Crippen LogP contribution is -2.29. The number of carbonyl (C=O) groups is 1. The highest BCUT2D eigenvalue weighted by Crippen LogP contribution is 2.20. The Morgan fingerprint density at radius 1 is 1.31 bits per heavy atom. The topological polar surface area (TPSA) is 59.8 Å².